The van der Waals surface area contributed by atoms with Gasteiger partial charge in [-0.15, -0.1) is 0 Å². The van der Waals surface area contributed by atoms with Crippen LogP contribution < -0.4 is 11.1 Å². The van der Waals surface area contributed by atoms with Crippen molar-refractivity contribution in [2.75, 3.05) is 26.3 Å². The standard InChI is InChI=1S/C15H29N3O3/c1-12(2)17-15(20)13-11-21-10-9-18(13)14(19)7-5-3-4-6-8-16/h12-13H,3-11,16H2,1-2H3,(H,17,20). The van der Waals surface area contributed by atoms with Gasteiger partial charge < -0.3 is 20.7 Å². The Bertz CT molecular complexity index is 334. The van der Waals surface area contributed by atoms with Gasteiger partial charge in [-0.05, 0) is 33.2 Å². The van der Waals surface area contributed by atoms with Crippen LogP contribution in [-0.4, -0.2) is 55.1 Å². The van der Waals surface area contributed by atoms with Gasteiger partial charge in [0, 0.05) is 19.0 Å². The van der Waals surface area contributed by atoms with Crippen LogP contribution in [0.1, 0.15) is 46.0 Å². The molecule has 1 aliphatic rings. The van der Waals surface area contributed by atoms with Crippen LogP contribution in [-0.2, 0) is 14.3 Å². The van der Waals surface area contributed by atoms with Crippen LogP contribution in [0.25, 0.3) is 0 Å². The quantitative estimate of drug-likeness (QED) is 0.644. The van der Waals surface area contributed by atoms with Crippen molar-refractivity contribution in [3.8, 4) is 0 Å². The Morgan fingerprint density at radius 2 is 2.00 bits per heavy atom. The van der Waals surface area contributed by atoms with Gasteiger partial charge in [-0.1, -0.05) is 12.8 Å². The van der Waals surface area contributed by atoms with Crippen LogP contribution >= 0.6 is 0 Å². The Kier molecular flexibility index (Phi) is 8.30. The number of unbranched alkanes of at least 4 members (excludes halogenated alkanes) is 3. The molecule has 0 aliphatic carbocycles. The molecule has 1 saturated heterocycles. The lowest BCUT2D eigenvalue weighted by Crippen LogP contribution is -2.56. The average molecular weight is 299 g/mol. The second kappa shape index (κ2) is 9.73. The minimum absolute atomic E-state index is 0.0509. The first-order valence-electron chi connectivity index (χ1n) is 7.94. The fourth-order valence-corrected chi connectivity index (χ4v) is 2.42. The maximum Gasteiger partial charge on any atom is 0.245 e. The lowest BCUT2D eigenvalue weighted by atomic mass is 10.1. The lowest BCUT2D eigenvalue weighted by molar-refractivity contribution is -0.148. The van der Waals surface area contributed by atoms with E-state index in [-0.39, 0.29) is 24.5 Å². The number of morpholine rings is 1. The summed E-state index contributed by atoms with van der Waals surface area (Å²) in [6.45, 7) is 5.81. The molecule has 0 bridgehead atoms. The summed E-state index contributed by atoms with van der Waals surface area (Å²) >= 11 is 0. The minimum Gasteiger partial charge on any atom is -0.377 e. The molecular formula is C15H29N3O3. The van der Waals surface area contributed by atoms with E-state index in [1.165, 1.54) is 0 Å². The van der Waals surface area contributed by atoms with Crippen molar-refractivity contribution in [1.82, 2.24) is 10.2 Å². The van der Waals surface area contributed by atoms with Gasteiger partial charge in [0.2, 0.25) is 11.8 Å². The second-order valence-corrected chi connectivity index (χ2v) is 5.79. The van der Waals surface area contributed by atoms with Gasteiger partial charge in [-0.3, -0.25) is 9.59 Å². The molecule has 1 heterocycles. The molecule has 1 fully saturated rings. The molecule has 6 heteroatoms. The summed E-state index contributed by atoms with van der Waals surface area (Å²) in [5.74, 6) is -0.0730. The van der Waals surface area contributed by atoms with E-state index < -0.39 is 6.04 Å². The molecule has 0 radical (unpaired) electrons. The van der Waals surface area contributed by atoms with Crippen molar-refractivity contribution < 1.29 is 14.3 Å². The SMILES string of the molecule is CC(C)NC(=O)C1COCCN1C(=O)CCCCCCN. The van der Waals surface area contributed by atoms with E-state index in [0.29, 0.717) is 26.1 Å². The van der Waals surface area contributed by atoms with Gasteiger partial charge in [0.25, 0.3) is 0 Å². The molecule has 2 amide bonds. The van der Waals surface area contributed by atoms with Crippen molar-refractivity contribution in [3.05, 3.63) is 0 Å². The highest BCUT2D eigenvalue weighted by Crippen LogP contribution is 2.12. The molecule has 122 valence electrons. The number of rotatable bonds is 8. The first-order valence-corrected chi connectivity index (χ1v) is 7.94. The summed E-state index contributed by atoms with van der Waals surface area (Å²) in [6, 6.07) is -0.426. The Hall–Kier alpha value is -1.14. The van der Waals surface area contributed by atoms with Gasteiger partial charge in [0.15, 0.2) is 0 Å². The van der Waals surface area contributed by atoms with Crippen molar-refractivity contribution in [2.45, 2.75) is 58.0 Å². The third-order valence-electron chi connectivity index (χ3n) is 3.53. The Labute approximate surface area is 127 Å². The fourth-order valence-electron chi connectivity index (χ4n) is 2.42. The number of carbonyl (C=O) groups is 2. The maximum atomic E-state index is 12.3. The highest BCUT2D eigenvalue weighted by Gasteiger charge is 2.32. The van der Waals surface area contributed by atoms with Crippen molar-refractivity contribution >= 4 is 11.8 Å². The zero-order valence-corrected chi connectivity index (χ0v) is 13.3. The molecule has 0 aromatic rings. The van der Waals surface area contributed by atoms with Crippen LogP contribution in [0.2, 0.25) is 0 Å². The summed E-state index contributed by atoms with van der Waals surface area (Å²) < 4.78 is 5.35. The molecule has 1 aliphatic heterocycles. The number of amides is 2. The maximum absolute atomic E-state index is 12.3. The number of nitrogens with one attached hydrogen (secondary N) is 1. The summed E-state index contributed by atoms with van der Waals surface area (Å²) in [6.07, 6.45) is 4.43. The van der Waals surface area contributed by atoms with E-state index in [2.05, 4.69) is 5.32 Å². The predicted octanol–water partition coefficient (Wildman–Crippen LogP) is 0.648. The van der Waals surface area contributed by atoms with Gasteiger partial charge in [0.05, 0.1) is 13.2 Å². The topological polar surface area (TPSA) is 84.7 Å². The zero-order chi connectivity index (χ0) is 15.7. The van der Waals surface area contributed by atoms with Gasteiger partial charge in [-0.25, -0.2) is 0 Å². The normalized spacial score (nSPS) is 18.9. The molecule has 21 heavy (non-hydrogen) atoms. The van der Waals surface area contributed by atoms with Gasteiger partial charge >= 0.3 is 0 Å². The molecule has 1 atom stereocenters. The molecule has 0 aromatic heterocycles. The molecule has 6 nitrogen and oxygen atoms in total. The highest BCUT2D eigenvalue weighted by molar-refractivity contribution is 5.88. The van der Waals surface area contributed by atoms with Crippen LogP contribution in [0, 0.1) is 0 Å². The van der Waals surface area contributed by atoms with Crippen LogP contribution in [0.5, 0.6) is 0 Å². The zero-order valence-electron chi connectivity index (χ0n) is 13.3. The first-order chi connectivity index (χ1) is 10.1. The van der Waals surface area contributed by atoms with E-state index in [9.17, 15) is 9.59 Å². The van der Waals surface area contributed by atoms with E-state index in [1.807, 2.05) is 13.8 Å². The van der Waals surface area contributed by atoms with Crippen molar-refractivity contribution in [1.29, 1.82) is 0 Å². The third-order valence-corrected chi connectivity index (χ3v) is 3.53. The smallest absolute Gasteiger partial charge is 0.245 e. The highest BCUT2D eigenvalue weighted by atomic mass is 16.5. The second-order valence-electron chi connectivity index (χ2n) is 5.79. The molecule has 1 unspecified atom stereocenters. The molecule has 0 saturated carbocycles. The van der Waals surface area contributed by atoms with Gasteiger partial charge in [0.1, 0.15) is 6.04 Å². The van der Waals surface area contributed by atoms with Gasteiger partial charge in [-0.2, -0.15) is 0 Å². The largest absolute Gasteiger partial charge is 0.377 e. The summed E-state index contributed by atoms with van der Waals surface area (Å²) in [5.41, 5.74) is 5.45. The first kappa shape index (κ1) is 17.9. The van der Waals surface area contributed by atoms with Crippen molar-refractivity contribution in [2.24, 2.45) is 5.73 Å². The Morgan fingerprint density at radius 1 is 1.29 bits per heavy atom. The van der Waals surface area contributed by atoms with Crippen molar-refractivity contribution in [3.63, 3.8) is 0 Å². The van der Waals surface area contributed by atoms with Crippen LogP contribution in [0.4, 0.5) is 0 Å². The number of hydrogen-bond donors (Lipinski definition) is 2. The number of nitrogens with two attached hydrogens (primary N) is 1. The number of carbonyl (C=O) groups excluding carboxylic acids is 2. The molecule has 0 aromatic carbocycles. The number of nitrogens with zero attached hydrogens (tertiary/aromatic N) is 1. The molecular weight excluding hydrogens is 270 g/mol. The predicted molar refractivity (Wildman–Crippen MR) is 81.7 cm³/mol. The molecule has 3 N–H and O–H groups in total. The summed E-state index contributed by atoms with van der Waals surface area (Å²) in [5, 5.41) is 2.85. The lowest BCUT2D eigenvalue weighted by Gasteiger charge is -2.35. The van der Waals surface area contributed by atoms with E-state index >= 15 is 0 Å². The molecule has 1 rings (SSSR count). The Morgan fingerprint density at radius 3 is 2.67 bits per heavy atom. The van der Waals surface area contributed by atoms with Crippen LogP contribution in [0.15, 0.2) is 0 Å². The monoisotopic (exact) mass is 299 g/mol. The Balaban J connectivity index is 2.44. The summed E-state index contributed by atoms with van der Waals surface area (Å²) in [7, 11) is 0. The molecule has 0 spiro atoms. The van der Waals surface area contributed by atoms with Crippen LogP contribution in [0.3, 0.4) is 0 Å². The van der Waals surface area contributed by atoms with E-state index in [0.717, 1.165) is 25.7 Å². The number of hydrogen-bond acceptors (Lipinski definition) is 4. The number of ether oxygens (including phenoxy) is 1. The third kappa shape index (κ3) is 6.44. The fraction of sp³-hybridized carbons (Fsp3) is 0.867. The average Bonchev–Trinajstić information content (AvgIpc) is 2.46. The minimum atomic E-state index is -0.488. The summed E-state index contributed by atoms with van der Waals surface area (Å²) in [4.78, 5) is 26.1. The van der Waals surface area contributed by atoms with E-state index in [4.69, 9.17) is 10.5 Å². The van der Waals surface area contributed by atoms with E-state index in [1.54, 1.807) is 4.90 Å².